The van der Waals surface area contributed by atoms with Crippen molar-refractivity contribution < 1.29 is 9.53 Å². The van der Waals surface area contributed by atoms with Crippen molar-refractivity contribution in [2.75, 3.05) is 7.11 Å². The average Bonchev–Trinajstić information content (AvgIpc) is 2.60. The molecule has 2 aromatic rings. The molecule has 2 rings (SSSR count). The van der Waals surface area contributed by atoms with Crippen LogP contribution in [0.4, 0.5) is 0 Å². The van der Waals surface area contributed by atoms with E-state index in [4.69, 9.17) is 4.74 Å². The molecule has 0 bridgehead atoms. The van der Waals surface area contributed by atoms with Crippen LogP contribution in [0.1, 0.15) is 39.9 Å². The second kappa shape index (κ2) is 7.84. The van der Waals surface area contributed by atoms with Crippen molar-refractivity contribution in [1.82, 2.24) is 19.1 Å². The van der Waals surface area contributed by atoms with E-state index in [9.17, 15) is 14.4 Å². The van der Waals surface area contributed by atoms with Gasteiger partial charge in [0.05, 0.1) is 7.11 Å². The number of hydrogen-bond donors (Lipinski definition) is 0. The lowest BCUT2D eigenvalue weighted by Gasteiger charge is -2.19. The number of hydrogen-bond acceptors (Lipinski definition) is 7. The van der Waals surface area contributed by atoms with E-state index < -0.39 is 16.5 Å². The molecule has 0 aromatic carbocycles. The molecular weight excluding hydrogens is 368 g/mol. The predicted octanol–water partition coefficient (Wildman–Crippen LogP) is 1.66. The van der Waals surface area contributed by atoms with Crippen molar-refractivity contribution in [2.45, 2.75) is 50.8 Å². The third-order valence-electron chi connectivity index (χ3n) is 4.09. The molecule has 0 aliphatic rings. The second-order valence-corrected chi connectivity index (χ2v) is 8.82. The Morgan fingerprint density at radius 3 is 2.33 bits per heavy atom. The van der Waals surface area contributed by atoms with E-state index in [1.54, 1.807) is 7.05 Å². The molecule has 8 nitrogen and oxygen atoms in total. The van der Waals surface area contributed by atoms with E-state index in [-0.39, 0.29) is 22.4 Å². The predicted molar refractivity (Wildman–Crippen MR) is 105 cm³/mol. The summed E-state index contributed by atoms with van der Waals surface area (Å²) in [5.74, 6) is 0.147. The summed E-state index contributed by atoms with van der Waals surface area (Å²) in [4.78, 5) is 46.2. The van der Waals surface area contributed by atoms with Gasteiger partial charge in [-0.05, 0) is 11.8 Å². The maximum atomic E-state index is 12.8. The first-order valence-electron chi connectivity index (χ1n) is 8.71. The quantitative estimate of drug-likeness (QED) is 0.432. The highest BCUT2D eigenvalue weighted by Crippen LogP contribution is 2.30. The average molecular weight is 394 g/mol. The fraction of sp³-hybridized carbons (Fsp3) is 0.611. The van der Waals surface area contributed by atoms with Crippen LogP contribution in [-0.4, -0.2) is 37.4 Å². The van der Waals surface area contributed by atoms with Crippen molar-refractivity contribution in [3.63, 3.8) is 0 Å². The molecule has 0 aliphatic carbocycles. The van der Waals surface area contributed by atoms with Gasteiger partial charge in [0.1, 0.15) is 21.5 Å². The van der Waals surface area contributed by atoms with Gasteiger partial charge in [-0.15, -0.1) is 0 Å². The maximum Gasteiger partial charge on any atom is 0.332 e. The number of carbonyl (C=O) groups is 1. The number of fused-ring (bicyclic) bond motifs is 1. The number of nitrogens with zero attached hydrogens (tertiary/aromatic N) is 4. The SMILES string of the molecule is CC[C@H](Sc1nc(CC(C)(C)C)nc2c1c(=O)n(C)c(=O)n2C)C(=O)OC. The molecule has 0 saturated carbocycles. The molecule has 0 radical (unpaired) electrons. The Balaban J connectivity index is 2.80. The lowest BCUT2D eigenvalue weighted by molar-refractivity contribution is -0.140. The summed E-state index contributed by atoms with van der Waals surface area (Å²) in [6.45, 7) is 8.03. The van der Waals surface area contributed by atoms with Crippen molar-refractivity contribution in [1.29, 1.82) is 0 Å². The Labute approximate surface area is 162 Å². The van der Waals surface area contributed by atoms with Gasteiger partial charge in [-0.1, -0.05) is 39.5 Å². The van der Waals surface area contributed by atoms with Crippen molar-refractivity contribution in [3.05, 3.63) is 26.7 Å². The first-order chi connectivity index (χ1) is 12.5. The van der Waals surface area contributed by atoms with E-state index in [0.717, 1.165) is 4.57 Å². The topological polar surface area (TPSA) is 96.1 Å². The molecule has 9 heteroatoms. The number of esters is 1. The normalized spacial score (nSPS) is 13.0. The largest absolute Gasteiger partial charge is 0.468 e. The van der Waals surface area contributed by atoms with Gasteiger partial charge >= 0.3 is 11.7 Å². The van der Waals surface area contributed by atoms with Crippen LogP contribution in [0.3, 0.4) is 0 Å². The van der Waals surface area contributed by atoms with Crippen LogP contribution in [0, 0.1) is 5.41 Å². The van der Waals surface area contributed by atoms with Crippen LogP contribution >= 0.6 is 11.8 Å². The minimum Gasteiger partial charge on any atom is -0.468 e. The van der Waals surface area contributed by atoms with Gasteiger partial charge in [0.2, 0.25) is 0 Å². The summed E-state index contributed by atoms with van der Waals surface area (Å²) in [7, 11) is 4.32. The Bertz CT molecular complexity index is 988. The molecule has 0 spiro atoms. The molecule has 0 fully saturated rings. The molecule has 27 heavy (non-hydrogen) atoms. The Hall–Kier alpha value is -2.16. The molecule has 1 atom stereocenters. The monoisotopic (exact) mass is 394 g/mol. The minimum atomic E-state index is -0.502. The summed E-state index contributed by atoms with van der Waals surface area (Å²) in [6.07, 6.45) is 1.08. The number of aromatic nitrogens is 4. The molecule has 148 valence electrons. The Morgan fingerprint density at radius 1 is 1.19 bits per heavy atom. The van der Waals surface area contributed by atoms with Gasteiger partial charge in [0.15, 0.2) is 5.65 Å². The van der Waals surface area contributed by atoms with Crippen LogP contribution in [0.2, 0.25) is 0 Å². The first kappa shape index (κ1) is 21.1. The van der Waals surface area contributed by atoms with E-state index in [1.165, 1.54) is 30.5 Å². The summed E-state index contributed by atoms with van der Waals surface area (Å²) in [5, 5.41) is 0.134. The summed E-state index contributed by atoms with van der Waals surface area (Å²) < 4.78 is 7.22. The fourth-order valence-corrected chi connectivity index (χ4v) is 3.76. The van der Waals surface area contributed by atoms with Gasteiger partial charge in [-0.2, -0.15) is 0 Å². The molecule has 0 unspecified atom stereocenters. The zero-order valence-corrected chi connectivity index (χ0v) is 17.6. The van der Waals surface area contributed by atoms with Gasteiger partial charge in [-0.25, -0.2) is 14.8 Å². The van der Waals surface area contributed by atoms with E-state index in [0.29, 0.717) is 23.7 Å². The lowest BCUT2D eigenvalue weighted by Crippen LogP contribution is -2.38. The third kappa shape index (κ3) is 4.40. The number of rotatable bonds is 5. The van der Waals surface area contributed by atoms with E-state index in [2.05, 4.69) is 30.7 Å². The zero-order chi connectivity index (χ0) is 20.5. The zero-order valence-electron chi connectivity index (χ0n) is 16.8. The fourth-order valence-electron chi connectivity index (χ4n) is 2.67. The van der Waals surface area contributed by atoms with Crippen molar-refractivity contribution >= 4 is 28.8 Å². The summed E-state index contributed by atoms with van der Waals surface area (Å²) in [6, 6.07) is 0. The van der Waals surface area contributed by atoms with Crippen molar-refractivity contribution in [2.24, 2.45) is 19.5 Å². The van der Waals surface area contributed by atoms with Gasteiger partial charge in [-0.3, -0.25) is 18.7 Å². The van der Waals surface area contributed by atoms with E-state index in [1.807, 2.05) is 6.92 Å². The molecule has 0 N–H and O–H groups in total. The maximum absolute atomic E-state index is 12.8. The standard InChI is InChI=1S/C18H26N4O4S/c1-8-10(16(24)26-7)27-14-12-13(19-11(20-14)9-18(2,3)4)21(5)17(25)22(6)15(12)23/h10H,8-9H2,1-7H3/t10-/m0/s1. The van der Waals surface area contributed by atoms with Crippen molar-refractivity contribution in [3.8, 4) is 0 Å². The van der Waals surface area contributed by atoms with Crippen LogP contribution in [0.5, 0.6) is 0 Å². The van der Waals surface area contributed by atoms with Crippen LogP contribution in [0.25, 0.3) is 11.0 Å². The van der Waals surface area contributed by atoms with Crippen LogP contribution in [-0.2, 0) is 30.0 Å². The number of methoxy groups -OCH3 is 1. The first-order valence-corrected chi connectivity index (χ1v) is 9.59. The number of thioether (sulfide) groups is 1. The molecule has 0 saturated heterocycles. The van der Waals surface area contributed by atoms with Crippen LogP contribution < -0.4 is 11.2 Å². The number of carbonyl (C=O) groups excluding carboxylic acids is 1. The molecular formula is C18H26N4O4S. The second-order valence-electron chi connectivity index (χ2n) is 7.62. The highest BCUT2D eigenvalue weighted by atomic mass is 32.2. The smallest absolute Gasteiger partial charge is 0.332 e. The number of aryl methyl sites for hydroxylation is 1. The van der Waals surface area contributed by atoms with E-state index >= 15 is 0 Å². The summed E-state index contributed by atoms with van der Waals surface area (Å²) in [5.41, 5.74) is -0.734. The number of ether oxygens (including phenoxy) is 1. The minimum absolute atomic E-state index is 0.0826. The molecule has 0 aliphatic heterocycles. The van der Waals surface area contributed by atoms with Gasteiger partial charge in [0.25, 0.3) is 5.56 Å². The highest BCUT2D eigenvalue weighted by Gasteiger charge is 2.25. The Morgan fingerprint density at radius 2 is 1.81 bits per heavy atom. The summed E-state index contributed by atoms with van der Waals surface area (Å²) >= 11 is 1.17. The van der Waals surface area contributed by atoms with Gasteiger partial charge in [0, 0.05) is 20.5 Å². The lowest BCUT2D eigenvalue weighted by atomic mass is 9.92. The van der Waals surface area contributed by atoms with Gasteiger partial charge < -0.3 is 4.74 Å². The molecule has 0 amide bonds. The molecule has 2 heterocycles. The molecule has 2 aromatic heterocycles. The third-order valence-corrected chi connectivity index (χ3v) is 5.42. The Kier molecular flexibility index (Phi) is 6.14. The highest BCUT2D eigenvalue weighted by molar-refractivity contribution is 8.00. The van der Waals surface area contributed by atoms with Crippen LogP contribution in [0.15, 0.2) is 14.6 Å².